The fraction of sp³-hybridized carbons (Fsp3) is 0.444. The number of thiazole rings is 1. The van der Waals surface area contributed by atoms with Crippen molar-refractivity contribution in [1.29, 1.82) is 0 Å². The zero-order chi connectivity index (χ0) is 16.8. The van der Waals surface area contributed by atoms with Crippen molar-refractivity contribution in [3.05, 3.63) is 47.0 Å². The standard InChI is InChI=1S/C18H23N3O2S/c22-11-4-10-21(13-17(23)20-18-19-9-12-24-18)16-8-3-6-14-5-1-2-7-15(14)16/h1-2,5,7,9,12,16,22H,3-4,6,8,10-11,13H2,(H,19,20,23). The van der Waals surface area contributed by atoms with Crippen LogP contribution < -0.4 is 5.32 Å². The van der Waals surface area contributed by atoms with Gasteiger partial charge in [0, 0.05) is 30.8 Å². The van der Waals surface area contributed by atoms with Crippen molar-refractivity contribution in [2.45, 2.75) is 31.7 Å². The molecule has 6 heteroatoms. The van der Waals surface area contributed by atoms with E-state index in [2.05, 4.69) is 39.5 Å². The summed E-state index contributed by atoms with van der Waals surface area (Å²) in [6.45, 7) is 1.17. The summed E-state index contributed by atoms with van der Waals surface area (Å²) in [6, 6.07) is 8.74. The Balaban J connectivity index is 1.73. The van der Waals surface area contributed by atoms with Crippen molar-refractivity contribution in [2.75, 3.05) is 25.0 Å². The van der Waals surface area contributed by atoms with E-state index in [1.54, 1.807) is 6.20 Å². The van der Waals surface area contributed by atoms with Crippen molar-refractivity contribution in [1.82, 2.24) is 9.88 Å². The van der Waals surface area contributed by atoms with Crippen molar-refractivity contribution < 1.29 is 9.90 Å². The number of aliphatic hydroxyl groups excluding tert-OH is 1. The quantitative estimate of drug-likeness (QED) is 0.810. The van der Waals surface area contributed by atoms with Gasteiger partial charge in [-0.3, -0.25) is 9.69 Å². The third kappa shape index (κ3) is 4.20. The van der Waals surface area contributed by atoms with Crippen LogP contribution in [-0.4, -0.2) is 40.6 Å². The molecule has 1 aromatic carbocycles. The molecule has 0 aliphatic heterocycles. The number of carbonyl (C=O) groups excluding carboxylic acids is 1. The lowest BCUT2D eigenvalue weighted by Crippen LogP contribution is -2.38. The predicted octanol–water partition coefficient (Wildman–Crippen LogP) is 2.84. The highest BCUT2D eigenvalue weighted by Gasteiger charge is 2.27. The van der Waals surface area contributed by atoms with E-state index in [-0.39, 0.29) is 18.6 Å². The lowest BCUT2D eigenvalue weighted by Gasteiger charge is -2.35. The van der Waals surface area contributed by atoms with Crippen LogP contribution >= 0.6 is 11.3 Å². The van der Waals surface area contributed by atoms with E-state index in [0.717, 1.165) is 19.3 Å². The fourth-order valence-corrected chi connectivity index (χ4v) is 3.90. The van der Waals surface area contributed by atoms with Crippen molar-refractivity contribution >= 4 is 22.4 Å². The summed E-state index contributed by atoms with van der Waals surface area (Å²) >= 11 is 1.42. The van der Waals surface area contributed by atoms with Crippen LogP contribution in [0.3, 0.4) is 0 Å². The number of hydrogen-bond donors (Lipinski definition) is 2. The number of anilines is 1. The Hall–Kier alpha value is -1.76. The second kappa shape index (κ2) is 8.37. The number of aromatic nitrogens is 1. The molecule has 3 rings (SSSR count). The summed E-state index contributed by atoms with van der Waals surface area (Å²) in [6.07, 6.45) is 5.63. The molecule has 24 heavy (non-hydrogen) atoms. The number of fused-ring (bicyclic) bond motifs is 1. The molecule has 0 saturated carbocycles. The Labute approximate surface area is 146 Å². The number of aliphatic hydroxyl groups is 1. The number of rotatable bonds is 7. The van der Waals surface area contributed by atoms with E-state index in [1.165, 1.54) is 22.5 Å². The maximum absolute atomic E-state index is 12.4. The van der Waals surface area contributed by atoms with Crippen LogP contribution in [0.1, 0.15) is 36.4 Å². The maximum Gasteiger partial charge on any atom is 0.240 e. The number of benzene rings is 1. The van der Waals surface area contributed by atoms with Crippen LogP contribution in [0, 0.1) is 0 Å². The van der Waals surface area contributed by atoms with Gasteiger partial charge in [-0.05, 0) is 36.8 Å². The Bertz CT molecular complexity index is 660. The summed E-state index contributed by atoms with van der Waals surface area (Å²) in [5, 5.41) is 14.5. The molecule has 1 amide bonds. The van der Waals surface area contributed by atoms with Crippen LogP contribution in [0.15, 0.2) is 35.8 Å². The van der Waals surface area contributed by atoms with Gasteiger partial charge >= 0.3 is 0 Å². The molecule has 1 atom stereocenters. The third-order valence-corrected chi connectivity index (χ3v) is 5.10. The highest BCUT2D eigenvalue weighted by molar-refractivity contribution is 7.13. The van der Waals surface area contributed by atoms with Gasteiger partial charge in [0.05, 0.1) is 6.54 Å². The van der Waals surface area contributed by atoms with Gasteiger partial charge in [-0.2, -0.15) is 0 Å². The van der Waals surface area contributed by atoms with E-state index in [0.29, 0.717) is 24.6 Å². The molecular weight excluding hydrogens is 322 g/mol. The van der Waals surface area contributed by atoms with E-state index in [4.69, 9.17) is 0 Å². The minimum absolute atomic E-state index is 0.0501. The fourth-order valence-electron chi connectivity index (χ4n) is 3.35. The van der Waals surface area contributed by atoms with Gasteiger partial charge in [-0.15, -0.1) is 11.3 Å². The van der Waals surface area contributed by atoms with Gasteiger partial charge in [-0.1, -0.05) is 24.3 Å². The summed E-state index contributed by atoms with van der Waals surface area (Å²) < 4.78 is 0. The van der Waals surface area contributed by atoms with Crippen LogP contribution in [0.25, 0.3) is 0 Å². The van der Waals surface area contributed by atoms with E-state index >= 15 is 0 Å². The van der Waals surface area contributed by atoms with Crippen LogP contribution in [0.5, 0.6) is 0 Å². The molecule has 0 spiro atoms. The van der Waals surface area contributed by atoms with Gasteiger partial charge in [0.2, 0.25) is 5.91 Å². The molecule has 1 aromatic heterocycles. The first-order valence-corrected chi connectivity index (χ1v) is 9.28. The van der Waals surface area contributed by atoms with Gasteiger partial charge in [0.15, 0.2) is 5.13 Å². The molecule has 0 saturated heterocycles. The van der Waals surface area contributed by atoms with E-state index in [1.807, 2.05) is 5.38 Å². The lowest BCUT2D eigenvalue weighted by atomic mass is 9.86. The van der Waals surface area contributed by atoms with Crippen LogP contribution in [0.2, 0.25) is 0 Å². The smallest absolute Gasteiger partial charge is 0.240 e. The second-order valence-electron chi connectivity index (χ2n) is 6.04. The van der Waals surface area contributed by atoms with Gasteiger partial charge in [-0.25, -0.2) is 4.98 Å². The van der Waals surface area contributed by atoms with Crippen molar-refractivity contribution in [3.63, 3.8) is 0 Å². The maximum atomic E-state index is 12.4. The molecule has 128 valence electrons. The zero-order valence-electron chi connectivity index (χ0n) is 13.6. The average molecular weight is 345 g/mol. The van der Waals surface area contributed by atoms with Gasteiger partial charge in [0.25, 0.3) is 0 Å². The minimum Gasteiger partial charge on any atom is -0.396 e. The highest BCUT2D eigenvalue weighted by atomic mass is 32.1. The van der Waals surface area contributed by atoms with Crippen molar-refractivity contribution in [2.24, 2.45) is 0 Å². The third-order valence-electron chi connectivity index (χ3n) is 4.41. The molecule has 0 fully saturated rings. The lowest BCUT2D eigenvalue weighted by molar-refractivity contribution is -0.118. The molecule has 1 aliphatic carbocycles. The van der Waals surface area contributed by atoms with Gasteiger partial charge < -0.3 is 10.4 Å². The normalized spacial score (nSPS) is 16.8. The zero-order valence-corrected chi connectivity index (χ0v) is 14.5. The SMILES string of the molecule is O=C(CN(CCCO)C1CCCc2ccccc21)Nc1nccs1. The summed E-state index contributed by atoms with van der Waals surface area (Å²) in [4.78, 5) is 18.7. The molecule has 0 radical (unpaired) electrons. The predicted molar refractivity (Wildman–Crippen MR) is 96.1 cm³/mol. The van der Waals surface area contributed by atoms with Gasteiger partial charge in [0.1, 0.15) is 0 Å². The number of amides is 1. The van der Waals surface area contributed by atoms with E-state index < -0.39 is 0 Å². The summed E-state index contributed by atoms with van der Waals surface area (Å²) in [7, 11) is 0. The average Bonchev–Trinajstić information content (AvgIpc) is 3.11. The topological polar surface area (TPSA) is 65.5 Å². The monoisotopic (exact) mass is 345 g/mol. The van der Waals surface area contributed by atoms with Crippen LogP contribution in [-0.2, 0) is 11.2 Å². The Morgan fingerprint density at radius 1 is 1.42 bits per heavy atom. The number of hydrogen-bond acceptors (Lipinski definition) is 5. The first-order valence-electron chi connectivity index (χ1n) is 8.40. The number of aryl methyl sites for hydroxylation is 1. The molecular formula is C18H23N3O2S. The minimum atomic E-state index is -0.0501. The summed E-state index contributed by atoms with van der Waals surface area (Å²) in [5.74, 6) is -0.0501. The number of nitrogens with zero attached hydrogens (tertiary/aromatic N) is 2. The summed E-state index contributed by atoms with van der Waals surface area (Å²) in [5.41, 5.74) is 2.70. The number of carbonyl (C=O) groups is 1. The number of nitrogens with one attached hydrogen (secondary N) is 1. The molecule has 2 aromatic rings. The largest absolute Gasteiger partial charge is 0.396 e. The van der Waals surface area contributed by atoms with Crippen molar-refractivity contribution in [3.8, 4) is 0 Å². The molecule has 1 aliphatic rings. The first kappa shape index (κ1) is 17.1. The first-order chi connectivity index (χ1) is 11.8. The molecule has 1 unspecified atom stereocenters. The van der Waals surface area contributed by atoms with Crippen LogP contribution in [0.4, 0.5) is 5.13 Å². The molecule has 1 heterocycles. The molecule has 0 bridgehead atoms. The molecule has 2 N–H and O–H groups in total. The molecule has 5 nitrogen and oxygen atoms in total. The second-order valence-corrected chi connectivity index (χ2v) is 6.93. The van der Waals surface area contributed by atoms with E-state index in [9.17, 15) is 9.90 Å². The Kier molecular flexibility index (Phi) is 5.96. The Morgan fingerprint density at radius 3 is 3.08 bits per heavy atom. The Morgan fingerprint density at radius 2 is 2.29 bits per heavy atom. The highest BCUT2D eigenvalue weighted by Crippen LogP contribution is 2.34.